The Labute approximate surface area is 91.6 Å². The molecule has 1 heterocycles. The first-order chi connectivity index (χ1) is 7.36. The lowest BCUT2D eigenvalue weighted by Crippen LogP contribution is -2.35. The monoisotopic (exact) mass is 205 g/mol. The molecule has 1 aliphatic heterocycles. The van der Waals surface area contributed by atoms with Crippen LogP contribution in [0.15, 0.2) is 30.3 Å². The Bertz CT molecular complexity index is 286. The van der Waals surface area contributed by atoms with Gasteiger partial charge in [0.25, 0.3) is 0 Å². The SMILES string of the molecule is CC1OCCC1NCCc1ccccc1. The minimum atomic E-state index is 0.376. The highest BCUT2D eigenvalue weighted by Gasteiger charge is 2.22. The van der Waals surface area contributed by atoms with Gasteiger partial charge < -0.3 is 10.1 Å². The molecule has 0 saturated carbocycles. The zero-order valence-electron chi connectivity index (χ0n) is 9.28. The molecule has 1 aromatic rings. The van der Waals surface area contributed by atoms with E-state index in [1.165, 1.54) is 5.56 Å². The Hall–Kier alpha value is -0.860. The van der Waals surface area contributed by atoms with E-state index in [0.717, 1.165) is 26.0 Å². The Morgan fingerprint density at radius 3 is 2.80 bits per heavy atom. The predicted molar refractivity (Wildman–Crippen MR) is 62.0 cm³/mol. The zero-order chi connectivity index (χ0) is 10.5. The summed E-state index contributed by atoms with van der Waals surface area (Å²) in [7, 11) is 0. The molecule has 2 atom stereocenters. The summed E-state index contributed by atoms with van der Waals surface area (Å²) < 4.78 is 5.51. The zero-order valence-corrected chi connectivity index (χ0v) is 9.28. The summed E-state index contributed by atoms with van der Waals surface area (Å²) in [6.07, 6.45) is 2.63. The average Bonchev–Trinajstić information content (AvgIpc) is 2.66. The number of hydrogen-bond donors (Lipinski definition) is 1. The first kappa shape index (κ1) is 10.7. The van der Waals surface area contributed by atoms with Gasteiger partial charge in [0.1, 0.15) is 0 Å². The summed E-state index contributed by atoms with van der Waals surface area (Å²) in [6.45, 7) is 4.10. The maximum atomic E-state index is 5.51. The second-order valence-electron chi connectivity index (χ2n) is 4.16. The molecule has 15 heavy (non-hydrogen) atoms. The summed E-state index contributed by atoms with van der Waals surface area (Å²) in [5.41, 5.74) is 1.40. The van der Waals surface area contributed by atoms with E-state index in [0.29, 0.717) is 12.1 Å². The van der Waals surface area contributed by atoms with Crippen LogP contribution in [0.1, 0.15) is 18.9 Å². The number of ether oxygens (including phenoxy) is 1. The molecule has 0 spiro atoms. The fourth-order valence-electron chi connectivity index (χ4n) is 2.05. The quantitative estimate of drug-likeness (QED) is 0.811. The van der Waals surface area contributed by atoms with Crippen LogP contribution in [0.4, 0.5) is 0 Å². The molecule has 1 N–H and O–H groups in total. The van der Waals surface area contributed by atoms with Crippen molar-refractivity contribution in [1.29, 1.82) is 0 Å². The van der Waals surface area contributed by atoms with Gasteiger partial charge in [0.05, 0.1) is 6.10 Å². The smallest absolute Gasteiger partial charge is 0.0700 e. The van der Waals surface area contributed by atoms with Crippen LogP contribution in [0.5, 0.6) is 0 Å². The fourth-order valence-corrected chi connectivity index (χ4v) is 2.05. The molecule has 2 rings (SSSR count). The normalized spacial score (nSPS) is 25.7. The molecule has 1 aromatic carbocycles. The summed E-state index contributed by atoms with van der Waals surface area (Å²) >= 11 is 0. The van der Waals surface area contributed by atoms with Crippen molar-refractivity contribution in [3.8, 4) is 0 Å². The third-order valence-corrected chi connectivity index (χ3v) is 3.04. The van der Waals surface area contributed by atoms with Crippen molar-refractivity contribution in [1.82, 2.24) is 5.32 Å². The van der Waals surface area contributed by atoms with E-state index >= 15 is 0 Å². The van der Waals surface area contributed by atoms with E-state index in [-0.39, 0.29) is 0 Å². The fraction of sp³-hybridized carbons (Fsp3) is 0.538. The van der Waals surface area contributed by atoms with Crippen LogP contribution in [0.3, 0.4) is 0 Å². The highest BCUT2D eigenvalue weighted by atomic mass is 16.5. The van der Waals surface area contributed by atoms with Crippen molar-refractivity contribution in [2.45, 2.75) is 31.9 Å². The highest BCUT2D eigenvalue weighted by molar-refractivity contribution is 5.14. The second-order valence-corrected chi connectivity index (χ2v) is 4.16. The Morgan fingerprint density at radius 2 is 2.13 bits per heavy atom. The number of benzene rings is 1. The third kappa shape index (κ3) is 3.05. The average molecular weight is 205 g/mol. The predicted octanol–water partition coefficient (Wildman–Crippen LogP) is 2.00. The van der Waals surface area contributed by atoms with Crippen molar-refractivity contribution >= 4 is 0 Å². The maximum Gasteiger partial charge on any atom is 0.0700 e. The third-order valence-electron chi connectivity index (χ3n) is 3.04. The van der Waals surface area contributed by atoms with E-state index in [9.17, 15) is 0 Å². The van der Waals surface area contributed by atoms with Crippen molar-refractivity contribution in [2.24, 2.45) is 0 Å². The first-order valence-corrected chi connectivity index (χ1v) is 5.75. The second kappa shape index (κ2) is 5.29. The van der Waals surface area contributed by atoms with E-state index in [1.807, 2.05) is 0 Å². The molecule has 82 valence electrons. The van der Waals surface area contributed by atoms with Crippen LogP contribution < -0.4 is 5.32 Å². The molecular formula is C13H19NO. The number of rotatable bonds is 4. The molecule has 1 aliphatic rings. The lowest BCUT2D eigenvalue weighted by molar-refractivity contribution is 0.113. The molecule has 2 unspecified atom stereocenters. The van der Waals surface area contributed by atoms with Crippen LogP contribution >= 0.6 is 0 Å². The van der Waals surface area contributed by atoms with Gasteiger partial charge in [-0.1, -0.05) is 30.3 Å². The van der Waals surface area contributed by atoms with Crippen molar-refractivity contribution in [2.75, 3.05) is 13.2 Å². The van der Waals surface area contributed by atoms with Crippen LogP contribution in [0.2, 0.25) is 0 Å². The van der Waals surface area contributed by atoms with Gasteiger partial charge in [-0.25, -0.2) is 0 Å². The van der Waals surface area contributed by atoms with Gasteiger partial charge in [-0.3, -0.25) is 0 Å². The first-order valence-electron chi connectivity index (χ1n) is 5.75. The molecule has 0 bridgehead atoms. The standard InChI is InChI=1S/C13H19NO/c1-11-13(8-10-15-11)14-9-7-12-5-3-2-4-6-12/h2-6,11,13-14H,7-10H2,1H3. The summed E-state index contributed by atoms with van der Waals surface area (Å²) in [4.78, 5) is 0. The number of nitrogens with one attached hydrogen (secondary N) is 1. The van der Waals surface area contributed by atoms with Gasteiger partial charge in [0, 0.05) is 12.6 Å². The van der Waals surface area contributed by atoms with Crippen LogP contribution in [0, 0.1) is 0 Å². The van der Waals surface area contributed by atoms with Gasteiger partial charge in [0.2, 0.25) is 0 Å². The van der Waals surface area contributed by atoms with Crippen molar-refractivity contribution in [3.05, 3.63) is 35.9 Å². The van der Waals surface area contributed by atoms with Crippen LogP contribution in [0.25, 0.3) is 0 Å². The molecule has 0 aliphatic carbocycles. The highest BCUT2D eigenvalue weighted by Crippen LogP contribution is 2.12. The molecule has 1 saturated heterocycles. The minimum Gasteiger partial charge on any atom is -0.377 e. The van der Waals surface area contributed by atoms with Gasteiger partial charge in [-0.05, 0) is 31.9 Å². The Morgan fingerprint density at radius 1 is 1.33 bits per heavy atom. The molecule has 0 amide bonds. The van der Waals surface area contributed by atoms with E-state index in [2.05, 4.69) is 42.6 Å². The van der Waals surface area contributed by atoms with Gasteiger partial charge in [0.15, 0.2) is 0 Å². The van der Waals surface area contributed by atoms with Crippen molar-refractivity contribution < 1.29 is 4.74 Å². The molecule has 0 aromatic heterocycles. The summed E-state index contributed by atoms with van der Waals surface area (Å²) in [5, 5.41) is 3.55. The summed E-state index contributed by atoms with van der Waals surface area (Å²) in [6, 6.07) is 11.2. The van der Waals surface area contributed by atoms with Gasteiger partial charge in [-0.2, -0.15) is 0 Å². The minimum absolute atomic E-state index is 0.376. The maximum absolute atomic E-state index is 5.51. The topological polar surface area (TPSA) is 21.3 Å². The van der Waals surface area contributed by atoms with E-state index in [4.69, 9.17) is 4.74 Å². The van der Waals surface area contributed by atoms with Gasteiger partial charge >= 0.3 is 0 Å². The van der Waals surface area contributed by atoms with Crippen LogP contribution in [-0.4, -0.2) is 25.3 Å². The lowest BCUT2D eigenvalue weighted by atomic mass is 10.1. The number of hydrogen-bond acceptors (Lipinski definition) is 2. The molecule has 0 radical (unpaired) electrons. The van der Waals surface area contributed by atoms with Crippen molar-refractivity contribution in [3.63, 3.8) is 0 Å². The van der Waals surface area contributed by atoms with E-state index in [1.54, 1.807) is 0 Å². The van der Waals surface area contributed by atoms with Crippen LogP contribution in [-0.2, 0) is 11.2 Å². The molecule has 2 nitrogen and oxygen atoms in total. The Balaban J connectivity index is 1.71. The van der Waals surface area contributed by atoms with E-state index < -0.39 is 0 Å². The lowest BCUT2D eigenvalue weighted by Gasteiger charge is -2.15. The van der Waals surface area contributed by atoms with Gasteiger partial charge in [-0.15, -0.1) is 0 Å². The molecular weight excluding hydrogens is 186 g/mol. The summed E-state index contributed by atoms with van der Waals surface area (Å²) in [5.74, 6) is 0. The Kier molecular flexibility index (Phi) is 3.75. The largest absolute Gasteiger partial charge is 0.377 e. The molecule has 2 heteroatoms. The molecule has 1 fully saturated rings.